The smallest absolute Gasteiger partial charge is 0.120 e. The fourth-order valence-electron chi connectivity index (χ4n) is 6.34. The van der Waals surface area contributed by atoms with Crippen LogP contribution in [0.2, 0.25) is 0 Å². The Morgan fingerprint density at radius 2 is 1.12 bits per heavy atom. The molecule has 0 radical (unpaired) electrons. The molecule has 4 atom stereocenters. The van der Waals surface area contributed by atoms with E-state index in [1.807, 2.05) is 11.3 Å². The molecule has 2 rings (SSSR count). The van der Waals surface area contributed by atoms with Gasteiger partial charge in [0.25, 0.3) is 0 Å². The minimum atomic E-state index is -0.786. The third kappa shape index (κ3) is 17.1. The maximum atomic E-state index is 12.1. The summed E-state index contributed by atoms with van der Waals surface area (Å²) >= 11 is 1.85. The van der Waals surface area contributed by atoms with E-state index in [1.165, 1.54) is 113 Å². The summed E-state index contributed by atoms with van der Waals surface area (Å²) in [7, 11) is 3.23. The number of rotatable bonds is 17. The topological polar surface area (TPSA) is 66.2 Å². The molecule has 1 aliphatic rings. The quantitative estimate of drug-likeness (QED) is 0.128. The number of nitrogens with zero attached hydrogens (tertiary/aromatic N) is 2. The third-order valence-electron chi connectivity index (χ3n) is 9.40. The Hall–Kier alpha value is 0.180. The summed E-state index contributed by atoms with van der Waals surface area (Å²) in [4.78, 5) is -1.53. The monoisotopic (exact) mass is 656 g/mol. The summed E-state index contributed by atoms with van der Waals surface area (Å²) in [5.41, 5.74) is 0. The third-order valence-corrected chi connectivity index (χ3v) is 14.4. The van der Waals surface area contributed by atoms with Gasteiger partial charge >= 0.3 is 0 Å². The van der Waals surface area contributed by atoms with Crippen molar-refractivity contribution in [1.29, 1.82) is 0 Å². The van der Waals surface area contributed by atoms with Gasteiger partial charge in [0.15, 0.2) is 0 Å². The first kappa shape index (κ1) is 39.4. The van der Waals surface area contributed by atoms with Gasteiger partial charge in [-0.05, 0) is 70.6 Å². The SMILES string of the molecule is CCCCCCCCC1(O)CCCCCCC(C)c2nnc(s2)C(CCCC)CCCC(O)(CCCCCCCC)SS1. The maximum Gasteiger partial charge on any atom is 0.120 e. The molecule has 252 valence electrons. The second-order valence-electron chi connectivity index (χ2n) is 13.7. The van der Waals surface area contributed by atoms with Gasteiger partial charge in [0, 0.05) is 11.8 Å². The largest absolute Gasteiger partial charge is 0.379 e. The van der Waals surface area contributed by atoms with Crippen LogP contribution in [0.1, 0.15) is 216 Å². The lowest BCUT2D eigenvalue weighted by Gasteiger charge is -2.33. The Bertz CT molecular complexity index is 809. The summed E-state index contributed by atoms with van der Waals surface area (Å²) in [5.74, 6) is 0.911. The number of hydrogen-bond donors (Lipinski definition) is 2. The zero-order valence-corrected chi connectivity index (χ0v) is 31.0. The molecule has 7 heteroatoms. The van der Waals surface area contributed by atoms with Gasteiger partial charge in [0.05, 0.1) is 0 Å². The fraction of sp³-hybridized carbons (Fsp3) is 0.944. The first-order valence-electron chi connectivity index (χ1n) is 18.5. The highest BCUT2D eigenvalue weighted by molar-refractivity contribution is 8.77. The molecular weight excluding hydrogens is 589 g/mol. The highest BCUT2D eigenvalue weighted by Crippen LogP contribution is 2.50. The highest BCUT2D eigenvalue weighted by Gasteiger charge is 2.35. The number of hydrogen-bond acceptors (Lipinski definition) is 7. The van der Waals surface area contributed by atoms with Crippen LogP contribution in [-0.2, 0) is 0 Å². The Labute approximate surface area is 278 Å². The highest BCUT2D eigenvalue weighted by atomic mass is 33.1. The lowest BCUT2D eigenvalue weighted by molar-refractivity contribution is 0.107. The van der Waals surface area contributed by atoms with Crippen LogP contribution in [0.3, 0.4) is 0 Å². The molecule has 0 fully saturated rings. The molecule has 0 spiro atoms. The van der Waals surface area contributed by atoms with E-state index < -0.39 is 9.87 Å². The van der Waals surface area contributed by atoms with Crippen molar-refractivity contribution in [3.63, 3.8) is 0 Å². The van der Waals surface area contributed by atoms with Gasteiger partial charge in [0.2, 0.25) is 0 Å². The first-order chi connectivity index (χ1) is 20.8. The molecule has 0 saturated carbocycles. The van der Waals surface area contributed by atoms with E-state index in [2.05, 4.69) is 32.8 Å². The van der Waals surface area contributed by atoms with E-state index >= 15 is 0 Å². The average molecular weight is 657 g/mol. The number of aromatic nitrogens is 2. The predicted molar refractivity (Wildman–Crippen MR) is 193 cm³/mol. The van der Waals surface area contributed by atoms with Crippen molar-refractivity contribution < 1.29 is 10.2 Å². The molecule has 1 aliphatic heterocycles. The van der Waals surface area contributed by atoms with Crippen molar-refractivity contribution in [2.75, 3.05) is 0 Å². The van der Waals surface area contributed by atoms with Crippen molar-refractivity contribution in [1.82, 2.24) is 10.2 Å². The maximum absolute atomic E-state index is 12.1. The standard InChI is InChI=1S/C36H68N2O2S3/c1-5-8-11-13-16-20-27-35(39)28-22-18-15-19-24-31(4)33-37-38-34(41-33)32(25-10-7-3)26-23-30-36(40,43-42-35)29-21-17-14-12-9-6-2/h31-32,39-40H,5-30H2,1-4H3. The molecule has 0 aromatic carbocycles. The molecule has 4 unspecified atom stereocenters. The van der Waals surface area contributed by atoms with Crippen molar-refractivity contribution in [2.45, 2.75) is 216 Å². The zero-order chi connectivity index (χ0) is 31.2. The normalized spacial score (nSPS) is 26.7. The lowest BCUT2D eigenvalue weighted by Crippen LogP contribution is -2.28. The summed E-state index contributed by atoms with van der Waals surface area (Å²) in [5, 5.41) is 35.8. The van der Waals surface area contributed by atoms with Gasteiger partial charge in [-0.3, -0.25) is 0 Å². The summed E-state index contributed by atoms with van der Waals surface area (Å²) in [6.45, 7) is 9.12. The number of aliphatic hydroxyl groups is 2. The van der Waals surface area contributed by atoms with E-state index in [0.29, 0.717) is 11.8 Å². The fourth-order valence-corrected chi connectivity index (χ4v) is 10.6. The Morgan fingerprint density at radius 1 is 0.605 bits per heavy atom. The van der Waals surface area contributed by atoms with Gasteiger partial charge in [-0.25, -0.2) is 0 Å². The lowest BCUT2D eigenvalue weighted by atomic mass is 9.94. The zero-order valence-electron chi connectivity index (χ0n) is 28.6. The van der Waals surface area contributed by atoms with Crippen LogP contribution >= 0.6 is 32.9 Å². The molecule has 2 N–H and O–H groups in total. The van der Waals surface area contributed by atoms with Gasteiger partial charge < -0.3 is 10.2 Å². The van der Waals surface area contributed by atoms with E-state index in [0.717, 1.165) is 64.2 Å². The molecule has 4 nitrogen and oxygen atoms in total. The molecule has 0 saturated heterocycles. The van der Waals surface area contributed by atoms with Crippen molar-refractivity contribution in [3.8, 4) is 0 Å². The van der Waals surface area contributed by atoms with Crippen LogP contribution < -0.4 is 0 Å². The molecule has 1 aromatic rings. The Kier molecular flexibility index (Phi) is 21.5. The van der Waals surface area contributed by atoms with Gasteiger partial charge in [-0.15, -0.1) is 21.5 Å². The molecular formula is C36H68N2O2S3. The summed E-state index contributed by atoms with van der Waals surface area (Å²) in [6.07, 6.45) is 29.6. The summed E-state index contributed by atoms with van der Waals surface area (Å²) in [6, 6.07) is 0. The van der Waals surface area contributed by atoms with Crippen molar-refractivity contribution in [2.24, 2.45) is 0 Å². The molecule has 43 heavy (non-hydrogen) atoms. The van der Waals surface area contributed by atoms with E-state index in [-0.39, 0.29) is 0 Å². The van der Waals surface area contributed by atoms with E-state index in [4.69, 9.17) is 5.10 Å². The van der Waals surface area contributed by atoms with Crippen LogP contribution in [0.25, 0.3) is 0 Å². The molecule has 0 aliphatic carbocycles. The summed E-state index contributed by atoms with van der Waals surface area (Å²) < 4.78 is 0. The van der Waals surface area contributed by atoms with Gasteiger partial charge in [-0.2, -0.15) is 0 Å². The first-order valence-corrected chi connectivity index (χ1v) is 21.5. The van der Waals surface area contributed by atoms with Crippen LogP contribution in [0, 0.1) is 0 Å². The molecule has 1 aromatic heterocycles. The second-order valence-corrected chi connectivity index (χ2v) is 17.6. The number of unbranched alkanes of at least 4 members (excludes halogenated alkanes) is 11. The average Bonchev–Trinajstić information content (AvgIpc) is 3.49. The van der Waals surface area contributed by atoms with Crippen LogP contribution in [0.5, 0.6) is 0 Å². The second kappa shape index (κ2) is 23.5. The molecule has 2 heterocycles. The van der Waals surface area contributed by atoms with E-state index in [1.54, 1.807) is 21.6 Å². The van der Waals surface area contributed by atoms with Crippen LogP contribution in [0.4, 0.5) is 0 Å². The van der Waals surface area contributed by atoms with Crippen molar-refractivity contribution >= 4 is 32.9 Å². The molecule has 0 amide bonds. The molecule has 2 bridgehead atoms. The number of fused-ring (bicyclic) bond motifs is 2. The predicted octanol–water partition coefficient (Wildman–Crippen LogP) is 12.7. The Morgan fingerprint density at radius 3 is 1.72 bits per heavy atom. The minimum Gasteiger partial charge on any atom is -0.379 e. The van der Waals surface area contributed by atoms with Gasteiger partial charge in [-0.1, -0.05) is 146 Å². The van der Waals surface area contributed by atoms with Crippen LogP contribution in [0.15, 0.2) is 0 Å². The van der Waals surface area contributed by atoms with Crippen LogP contribution in [-0.4, -0.2) is 30.3 Å². The van der Waals surface area contributed by atoms with E-state index in [9.17, 15) is 10.2 Å². The Balaban J connectivity index is 2.14. The minimum absolute atomic E-state index is 0.442. The van der Waals surface area contributed by atoms with Crippen molar-refractivity contribution in [3.05, 3.63) is 10.0 Å². The van der Waals surface area contributed by atoms with Gasteiger partial charge in [0.1, 0.15) is 19.9 Å².